The maximum absolute atomic E-state index is 13.1. The SMILES string of the molecule is O=S(=O)(c1cccc(F)c1)N1CCCCC1CCl. The van der Waals surface area contributed by atoms with Gasteiger partial charge in [0.05, 0.1) is 4.90 Å². The Morgan fingerprint density at radius 3 is 2.83 bits per heavy atom. The van der Waals surface area contributed by atoms with Crippen LogP contribution in [-0.4, -0.2) is 31.2 Å². The summed E-state index contributed by atoms with van der Waals surface area (Å²) in [5, 5.41) is 0. The fraction of sp³-hybridized carbons (Fsp3) is 0.500. The van der Waals surface area contributed by atoms with Crippen molar-refractivity contribution in [3.63, 3.8) is 0 Å². The molecule has 6 heteroatoms. The van der Waals surface area contributed by atoms with Crippen LogP contribution in [0.15, 0.2) is 29.2 Å². The molecule has 1 unspecified atom stereocenters. The third kappa shape index (κ3) is 2.68. The van der Waals surface area contributed by atoms with Crippen molar-refractivity contribution in [2.24, 2.45) is 0 Å². The van der Waals surface area contributed by atoms with E-state index < -0.39 is 15.8 Å². The molecule has 3 nitrogen and oxygen atoms in total. The molecule has 0 saturated carbocycles. The Bertz CT molecular complexity index is 521. The highest BCUT2D eigenvalue weighted by Crippen LogP contribution is 2.26. The topological polar surface area (TPSA) is 37.4 Å². The predicted octanol–water partition coefficient (Wildman–Crippen LogP) is 2.61. The van der Waals surface area contributed by atoms with Gasteiger partial charge in [-0.2, -0.15) is 4.31 Å². The first-order chi connectivity index (χ1) is 8.55. The Hall–Kier alpha value is -0.650. The minimum atomic E-state index is -3.64. The van der Waals surface area contributed by atoms with Gasteiger partial charge in [0, 0.05) is 18.5 Å². The van der Waals surface area contributed by atoms with Gasteiger partial charge < -0.3 is 0 Å². The van der Waals surface area contributed by atoms with Crippen LogP contribution in [-0.2, 0) is 10.0 Å². The summed E-state index contributed by atoms with van der Waals surface area (Å²) < 4.78 is 39.4. The van der Waals surface area contributed by atoms with E-state index in [-0.39, 0.29) is 16.8 Å². The van der Waals surface area contributed by atoms with Crippen LogP contribution in [0.1, 0.15) is 19.3 Å². The molecule has 18 heavy (non-hydrogen) atoms. The van der Waals surface area contributed by atoms with E-state index in [1.807, 2.05) is 0 Å². The number of hydrogen-bond donors (Lipinski definition) is 0. The van der Waals surface area contributed by atoms with Crippen LogP contribution < -0.4 is 0 Å². The zero-order valence-corrected chi connectivity index (χ0v) is 11.4. The van der Waals surface area contributed by atoms with Crippen LogP contribution in [0.25, 0.3) is 0 Å². The van der Waals surface area contributed by atoms with E-state index in [2.05, 4.69) is 0 Å². The van der Waals surface area contributed by atoms with Crippen molar-refractivity contribution in [1.82, 2.24) is 4.31 Å². The number of halogens is 2. The Morgan fingerprint density at radius 2 is 2.17 bits per heavy atom. The number of hydrogen-bond acceptors (Lipinski definition) is 2. The minimum Gasteiger partial charge on any atom is -0.207 e. The maximum atomic E-state index is 13.1. The highest BCUT2D eigenvalue weighted by atomic mass is 35.5. The average molecular weight is 292 g/mol. The van der Waals surface area contributed by atoms with Crippen molar-refractivity contribution < 1.29 is 12.8 Å². The molecule has 1 heterocycles. The standard InChI is InChI=1S/C12H15ClFNO2S/c13-9-11-5-1-2-7-15(11)18(16,17)12-6-3-4-10(14)8-12/h3-4,6,8,11H,1-2,5,7,9H2. The van der Waals surface area contributed by atoms with Crippen molar-refractivity contribution in [3.05, 3.63) is 30.1 Å². The van der Waals surface area contributed by atoms with Crippen molar-refractivity contribution >= 4 is 21.6 Å². The molecule has 0 bridgehead atoms. The molecule has 0 spiro atoms. The fourth-order valence-electron chi connectivity index (χ4n) is 2.21. The molecule has 1 aromatic rings. The van der Waals surface area contributed by atoms with Crippen LogP contribution in [0.2, 0.25) is 0 Å². The molecule has 0 aliphatic carbocycles. The monoisotopic (exact) mass is 291 g/mol. The van der Waals surface area contributed by atoms with Gasteiger partial charge in [-0.3, -0.25) is 0 Å². The van der Waals surface area contributed by atoms with Crippen molar-refractivity contribution in [3.8, 4) is 0 Å². The molecule has 1 fully saturated rings. The molecule has 0 amide bonds. The number of benzene rings is 1. The molecule has 1 aliphatic heterocycles. The lowest BCUT2D eigenvalue weighted by atomic mass is 10.1. The van der Waals surface area contributed by atoms with Gasteiger partial charge in [0.15, 0.2) is 0 Å². The van der Waals surface area contributed by atoms with Crippen LogP contribution >= 0.6 is 11.6 Å². The largest absolute Gasteiger partial charge is 0.243 e. The van der Waals surface area contributed by atoms with E-state index in [1.165, 1.54) is 22.5 Å². The molecule has 1 aliphatic rings. The summed E-state index contributed by atoms with van der Waals surface area (Å²) >= 11 is 5.82. The molecule has 1 atom stereocenters. The van der Waals surface area contributed by atoms with Gasteiger partial charge in [0.25, 0.3) is 0 Å². The third-order valence-electron chi connectivity index (χ3n) is 3.15. The highest BCUT2D eigenvalue weighted by molar-refractivity contribution is 7.89. The van der Waals surface area contributed by atoms with E-state index in [0.717, 1.165) is 25.3 Å². The molecule has 0 radical (unpaired) electrons. The summed E-state index contributed by atoms with van der Waals surface area (Å²) in [5.74, 6) is -0.273. The first-order valence-electron chi connectivity index (χ1n) is 5.89. The first-order valence-corrected chi connectivity index (χ1v) is 7.86. The van der Waals surface area contributed by atoms with Crippen LogP contribution in [0.3, 0.4) is 0 Å². The summed E-state index contributed by atoms with van der Waals surface area (Å²) in [7, 11) is -3.64. The van der Waals surface area contributed by atoms with Crippen molar-refractivity contribution in [1.29, 1.82) is 0 Å². The van der Waals surface area contributed by atoms with Crippen LogP contribution in [0.5, 0.6) is 0 Å². The van der Waals surface area contributed by atoms with Crippen LogP contribution in [0.4, 0.5) is 4.39 Å². The number of sulfonamides is 1. The second-order valence-electron chi connectivity index (χ2n) is 4.38. The Morgan fingerprint density at radius 1 is 1.39 bits per heavy atom. The molecule has 0 aromatic heterocycles. The maximum Gasteiger partial charge on any atom is 0.243 e. The number of alkyl halides is 1. The van der Waals surface area contributed by atoms with E-state index >= 15 is 0 Å². The summed E-state index contributed by atoms with van der Waals surface area (Å²) in [5.41, 5.74) is 0. The predicted molar refractivity (Wildman–Crippen MR) is 68.7 cm³/mol. The molecule has 100 valence electrons. The zero-order valence-electron chi connectivity index (χ0n) is 9.85. The summed E-state index contributed by atoms with van der Waals surface area (Å²) in [6, 6.07) is 4.91. The third-order valence-corrected chi connectivity index (χ3v) is 5.46. The summed E-state index contributed by atoms with van der Waals surface area (Å²) in [6.07, 6.45) is 2.56. The van der Waals surface area contributed by atoms with E-state index in [9.17, 15) is 12.8 Å². The Balaban J connectivity index is 2.35. The molecular formula is C12H15ClFNO2S. The lowest BCUT2D eigenvalue weighted by Gasteiger charge is -2.33. The van der Waals surface area contributed by atoms with E-state index in [4.69, 9.17) is 11.6 Å². The van der Waals surface area contributed by atoms with Crippen molar-refractivity contribution in [2.45, 2.75) is 30.2 Å². The summed E-state index contributed by atoms with van der Waals surface area (Å²) in [6.45, 7) is 0.455. The molecule has 1 aromatic carbocycles. The van der Waals surface area contributed by atoms with E-state index in [1.54, 1.807) is 0 Å². The normalized spacial score (nSPS) is 22.0. The number of rotatable bonds is 3. The van der Waals surface area contributed by atoms with Gasteiger partial charge >= 0.3 is 0 Å². The van der Waals surface area contributed by atoms with E-state index in [0.29, 0.717) is 6.54 Å². The first kappa shape index (κ1) is 13.8. The van der Waals surface area contributed by atoms with Gasteiger partial charge in [0.1, 0.15) is 5.82 Å². The molecule has 1 saturated heterocycles. The molecular weight excluding hydrogens is 277 g/mol. The van der Waals surface area contributed by atoms with Gasteiger partial charge in [-0.1, -0.05) is 12.5 Å². The van der Waals surface area contributed by atoms with Crippen LogP contribution in [0, 0.1) is 5.82 Å². The fourth-order valence-corrected chi connectivity index (χ4v) is 4.34. The lowest BCUT2D eigenvalue weighted by molar-refractivity contribution is 0.271. The zero-order chi connectivity index (χ0) is 13.2. The summed E-state index contributed by atoms with van der Waals surface area (Å²) in [4.78, 5) is -0.000448. The number of nitrogens with zero attached hydrogens (tertiary/aromatic N) is 1. The average Bonchev–Trinajstić information content (AvgIpc) is 2.38. The van der Waals surface area contributed by atoms with Gasteiger partial charge in [-0.05, 0) is 31.0 Å². The Kier molecular flexibility index (Phi) is 4.25. The highest BCUT2D eigenvalue weighted by Gasteiger charge is 2.32. The van der Waals surface area contributed by atoms with Crippen molar-refractivity contribution in [2.75, 3.05) is 12.4 Å². The quantitative estimate of drug-likeness (QED) is 0.803. The number of piperidine rings is 1. The molecule has 0 N–H and O–H groups in total. The second-order valence-corrected chi connectivity index (χ2v) is 6.58. The second kappa shape index (κ2) is 5.55. The molecule has 2 rings (SSSR count). The lowest BCUT2D eigenvalue weighted by Crippen LogP contribution is -2.44. The van der Waals surface area contributed by atoms with Gasteiger partial charge in [-0.15, -0.1) is 11.6 Å². The van der Waals surface area contributed by atoms with Gasteiger partial charge in [-0.25, -0.2) is 12.8 Å². The smallest absolute Gasteiger partial charge is 0.207 e. The minimum absolute atomic E-state index is 0.000448. The van der Waals surface area contributed by atoms with Gasteiger partial charge in [0.2, 0.25) is 10.0 Å². The Labute approximate surface area is 112 Å².